The van der Waals surface area contributed by atoms with Crippen LogP contribution in [0.2, 0.25) is 0 Å². The van der Waals surface area contributed by atoms with Gasteiger partial charge in [0.15, 0.2) is 0 Å². The van der Waals surface area contributed by atoms with E-state index in [9.17, 15) is 14.9 Å². The van der Waals surface area contributed by atoms with Gasteiger partial charge in [-0.3, -0.25) is 29.2 Å². The first-order valence-corrected chi connectivity index (χ1v) is 8.58. The van der Waals surface area contributed by atoms with Crippen LogP contribution in [0.15, 0.2) is 18.6 Å². The van der Waals surface area contributed by atoms with Crippen LogP contribution in [-0.4, -0.2) is 66.4 Å². The smallest absolute Gasteiger partial charge is 0.309 e. The van der Waals surface area contributed by atoms with E-state index < -0.39 is 4.92 Å². The van der Waals surface area contributed by atoms with Crippen molar-refractivity contribution in [1.29, 1.82) is 0 Å². The van der Waals surface area contributed by atoms with Gasteiger partial charge < -0.3 is 4.90 Å². The van der Waals surface area contributed by atoms with Crippen LogP contribution >= 0.6 is 0 Å². The zero-order chi connectivity index (χ0) is 18.7. The Morgan fingerprint density at radius 3 is 2.58 bits per heavy atom. The van der Waals surface area contributed by atoms with Gasteiger partial charge in [-0.1, -0.05) is 0 Å². The van der Waals surface area contributed by atoms with Crippen LogP contribution in [0, 0.1) is 17.0 Å². The number of carbonyl (C=O) groups excluding carboxylic acids is 1. The number of aromatic nitrogens is 4. The molecule has 0 unspecified atom stereocenters. The molecule has 1 aliphatic heterocycles. The lowest BCUT2D eigenvalue weighted by Gasteiger charge is -2.34. The van der Waals surface area contributed by atoms with Crippen LogP contribution in [0.4, 0.5) is 5.69 Å². The van der Waals surface area contributed by atoms with Crippen LogP contribution in [0.5, 0.6) is 0 Å². The van der Waals surface area contributed by atoms with Gasteiger partial charge in [0.2, 0.25) is 5.91 Å². The average Bonchev–Trinajstić information content (AvgIpc) is 3.19. The minimum Gasteiger partial charge on any atom is -0.340 e. The molecule has 0 aliphatic carbocycles. The topological polar surface area (TPSA) is 102 Å². The molecule has 0 saturated carbocycles. The third-order valence-corrected chi connectivity index (χ3v) is 4.56. The zero-order valence-electron chi connectivity index (χ0n) is 15.0. The van der Waals surface area contributed by atoms with Crippen LogP contribution in [0.3, 0.4) is 0 Å². The minimum atomic E-state index is -0.456. The third kappa shape index (κ3) is 4.26. The van der Waals surface area contributed by atoms with Crippen LogP contribution in [0.1, 0.15) is 17.7 Å². The van der Waals surface area contributed by atoms with Crippen molar-refractivity contribution < 1.29 is 9.72 Å². The molecule has 140 valence electrons. The largest absolute Gasteiger partial charge is 0.340 e. The molecule has 0 spiro atoms. The summed E-state index contributed by atoms with van der Waals surface area (Å²) in [6, 6.07) is 0. The molecule has 2 aromatic rings. The van der Waals surface area contributed by atoms with Crippen molar-refractivity contribution in [1.82, 2.24) is 29.4 Å². The lowest BCUT2D eigenvalue weighted by Crippen LogP contribution is -2.48. The molecule has 3 heterocycles. The van der Waals surface area contributed by atoms with E-state index in [0.717, 1.165) is 19.6 Å². The van der Waals surface area contributed by atoms with E-state index in [1.807, 2.05) is 24.3 Å². The van der Waals surface area contributed by atoms with E-state index >= 15 is 0 Å². The highest BCUT2D eigenvalue weighted by Crippen LogP contribution is 2.15. The fourth-order valence-electron chi connectivity index (χ4n) is 3.14. The predicted octanol–water partition coefficient (Wildman–Crippen LogP) is 0.568. The molecule has 1 aliphatic rings. The van der Waals surface area contributed by atoms with Gasteiger partial charge in [0.25, 0.3) is 0 Å². The molecule has 0 radical (unpaired) electrons. The van der Waals surface area contributed by atoms with E-state index in [1.165, 1.54) is 16.4 Å². The number of aryl methyl sites for hydroxylation is 3. The number of rotatable bonds is 6. The number of nitro groups is 1. The van der Waals surface area contributed by atoms with Gasteiger partial charge in [-0.25, -0.2) is 0 Å². The standard InChI is InChI=1S/C16H23N7O3/c1-13-15(23(25)26)12-22(18-13)4-3-16(24)21-7-5-20(6-8-21)11-14-9-17-19(2)10-14/h9-10,12H,3-8,11H2,1-2H3. The number of amides is 1. The first-order valence-electron chi connectivity index (χ1n) is 8.58. The molecule has 0 atom stereocenters. The predicted molar refractivity (Wildman–Crippen MR) is 93.3 cm³/mol. The molecule has 10 nitrogen and oxygen atoms in total. The molecule has 0 aromatic carbocycles. The molecule has 0 N–H and O–H groups in total. The van der Waals surface area contributed by atoms with E-state index in [0.29, 0.717) is 31.7 Å². The molecule has 1 amide bonds. The van der Waals surface area contributed by atoms with Crippen molar-refractivity contribution in [3.8, 4) is 0 Å². The highest BCUT2D eigenvalue weighted by atomic mass is 16.6. The molecule has 0 bridgehead atoms. The Kier molecular flexibility index (Phi) is 5.31. The van der Waals surface area contributed by atoms with E-state index in [-0.39, 0.29) is 11.6 Å². The van der Waals surface area contributed by atoms with Crippen molar-refractivity contribution in [3.63, 3.8) is 0 Å². The fraction of sp³-hybridized carbons (Fsp3) is 0.562. The first-order chi connectivity index (χ1) is 12.4. The monoisotopic (exact) mass is 361 g/mol. The van der Waals surface area contributed by atoms with Gasteiger partial charge >= 0.3 is 5.69 Å². The Morgan fingerprint density at radius 2 is 2.00 bits per heavy atom. The summed E-state index contributed by atoms with van der Waals surface area (Å²) in [5.74, 6) is 0.0573. The van der Waals surface area contributed by atoms with E-state index in [2.05, 4.69) is 15.1 Å². The molecule has 10 heteroatoms. The van der Waals surface area contributed by atoms with Crippen LogP contribution < -0.4 is 0 Å². The summed E-state index contributed by atoms with van der Waals surface area (Å²) < 4.78 is 3.26. The maximum absolute atomic E-state index is 12.4. The Balaban J connectivity index is 1.45. The summed E-state index contributed by atoms with van der Waals surface area (Å²) in [7, 11) is 1.90. The maximum Gasteiger partial charge on any atom is 0.309 e. The van der Waals surface area contributed by atoms with E-state index in [4.69, 9.17) is 0 Å². The van der Waals surface area contributed by atoms with E-state index in [1.54, 1.807) is 11.6 Å². The molecule has 3 rings (SSSR count). The van der Waals surface area contributed by atoms with Crippen molar-refractivity contribution in [3.05, 3.63) is 40.0 Å². The molecular weight excluding hydrogens is 338 g/mol. The van der Waals surface area contributed by atoms with Gasteiger partial charge in [-0.05, 0) is 6.92 Å². The summed E-state index contributed by atoms with van der Waals surface area (Å²) in [5, 5.41) is 19.1. The molecule has 1 saturated heterocycles. The number of hydrogen-bond acceptors (Lipinski definition) is 6. The second kappa shape index (κ2) is 7.65. The Labute approximate surface area is 151 Å². The number of carbonyl (C=O) groups is 1. The van der Waals surface area contributed by atoms with Crippen LogP contribution in [-0.2, 0) is 24.9 Å². The normalized spacial score (nSPS) is 15.4. The number of piperazine rings is 1. The van der Waals surface area contributed by atoms with Gasteiger partial charge in [-0.15, -0.1) is 0 Å². The molecule has 1 fully saturated rings. The summed E-state index contributed by atoms with van der Waals surface area (Å²) in [6.07, 6.45) is 5.54. The maximum atomic E-state index is 12.4. The van der Waals surface area contributed by atoms with Crippen molar-refractivity contribution in [2.24, 2.45) is 7.05 Å². The van der Waals surface area contributed by atoms with Crippen LogP contribution in [0.25, 0.3) is 0 Å². The summed E-state index contributed by atoms with van der Waals surface area (Å²) in [6.45, 7) is 5.82. The van der Waals surface area contributed by atoms with Gasteiger partial charge in [0.05, 0.1) is 11.1 Å². The van der Waals surface area contributed by atoms with Gasteiger partial charge in [0, 0.05) is 64.5 Å². The summed E-state index contributed by atoms with van der Waals surface area (Å²) >= 11 is 0. The number of hydrogen-bond donors (Lipinski definition) is 0. The highest BCUT2D eigenvalue weighted by molar-refractivity contribution is 5.76. The van der Waals surface area contributed by atoms with Crippen molar-refractivity contribution >= 4 is 11.6 Å². The van der Waals surface area contributed by atoms with Crippen molar-refractivity contribution in [2.45, 2.75) is 26.4 Å². The zero-order valence-corrected chi connectivity index (χ0v) is 15.0. The summed E-state index contributed by atoms with van der Waals surface area (Å²) in [4.78, 5) is 26.9. The van der Waals surface area contributed by atoms with Crippen molar-refractivity contribution in [2.75, 3.05) is 26.2 Å². The Morgan fingerprint density at radius 1 is 1.27 bits per heavy atom. The van der Waals surface area contributed by atoms with Gasteiger partial charge in [0.1, 0.15) is 11.9 Å². The second-order valence-corrected chi connectivity index (χ2v) is 6.55. The lowest BCUT2D eigenvalue weighted by molar-refractivity contribution is -0.385. The average molecular weight is 361 g/mol. The van der Waals surface area contributed by atoms with Gasteiger partial charge in [-0.2, -0.15) is 10.2 Å². The molecular formula is C16H23N7O3. The minimum absolute atomic E-state index is 0.0125. The first kappa shape index (κ1) is 18.1. The Bertz CT molecular complexity index is 790. The summed E-state index contributed by atoms with van der Waals surface area (Å²) in [5.41, 5.74) is 1.52. The fourth-order valence-corrected chi connectivity index (χ4v) is 3.14. The second-order valence-electron chi connectivity index (χ2n) is 6.55. The third-order valence-electron chi connectivity index (χ3n) is 4.56. The SMILES string of the molecule is Cc1nn(CCC(=O)N2CCN(Cc3cnn(C)c3)CC2)cc1[N+](=O)[O-]. The molecule has 2 aromatic heterocycles. The Hall–Kier alpha value is -2.75. The quantitative estimate of drug-likeness (QED) is 0.550. The number of nitrogens with zero attached hydrogens (tertiary/aromatic N) is 7. The highest BCUT2D eigenvalue weighted by Gasteiger charge is 2.22. The molecule has 26 heavy (non-hydrogen) atoms. The lowest BCUT2D eigenvalue weighted by atomic mass is 10.2.